The molecule has 2 N–H and O–H groups in total. The molecule has 8 aromatic rings. The van der Waals surface area contributed by atoms with Crippen LogP contribution in [0.15, 0.2) is 170 Å². The van der Waals surface area contributed by atoms with Gasteiger partial charge in [-0.2, -0.15) is 0 Å². The molecule has 30 nitrogen and oxygen atoms in total. The lowest BCUT2D eigenvalue weighted by molar-refractivity contribution is -0.165. The van der Waals surface area contributed by atoms with Gasteiger partial charge in [-0.15, -0.1) is 0 Å². The van der Waals surface area contributed by atoms with Crippen molar-refractivity contribution in [1.29, 1.82) is 0 Å². The Morgan fingerprint density at radius 3 is 0.898 bits per heavy atom. The minimum absolute atomic E-state index is 0.0631. The van der Waals surface area contributed by atoms with Gasteiger partial charge in [0.05, 0.1) is 71.0 Å². The number of halogens is 2. The molecule has 4 amide bonds. The van der Waals surface area contributed by atoms with Crippen molar-refractivity contribution in [2.24, 2.45) is 0 Å². The van der Waals surface area contributed by atoms with Crippen molar-refractivity contribution in [2.75, 3.05) is 206 Å². The van der Waals surface area contributed by atoms with E-state index in [1.807, 2.05) is 162 Å². The molecule has 8 fully saturated rings. The van der Waals surface area contributed by atoms with Crippen molar-refractivity contribution in [3.05, 3.63) is 201 Å². The summed E-state index contributed by atoms with van der Waals surface area (Å²) in [4.78, 5) is 62.6. The Labute approximate surface area is 767 Å². The van der Waals surface area contributed by atoms with Gasteiger partial charge in [-0.3, -0.25) is 19.2 Å². The minimum atomic E-state index is -1.05. The molecule has 8 saturated heterocycles. The van der Waals surface area contributed by atoms with E-state index in [9.17, 15) is 29.4 Å². The van der Waals surface area contributed by atoms with Crippen LogP contribution >= 0.6 is 34.2 Å². The van der Waals surface area contributed by atoms with Crippen LogP contribution in [0.1, 0.15) is 77.6 Å². The molecule has 0 spiro atoms. The van der Waals surface area contributed by atoms with E-state index < -0.39 is 23.1 Å². The standard InChI is InChI=1S/C25H32N2O6.C24H29ClN2O5.C24H30N2O6.C23H27IN2O5/c1-18(28)26-11-13-27(14-12-26)19-5-7-20(8-6-19)31-16-22-17-32-25(2,33-22)23-10-9-21(29-3)15-24(23)30-4;1-17(28)26-10-12-27(13-11-26)18-4-6-19(7-5-18)30-15-21-16-31-24(2,32-21)22-9-8-20(29-3)14-23(22)25;1-17(27)25-10-12-26(13-11-25)18-4-6-19(7-5-18)30-15-21-16-31-24(2,32-21)22-9-8-20(29-3)14-23(22)28;1-16(27)25-9-11-26(12-10-25)17-3-6-19(7-4-17)29-14-20-15-30-23(2,31-20)21-8-5-18(28)13-22(21)24/h5-10,15,22H,11-14,16-17H2,1-4H3;4-9,14,21H,10-13,15-16H2,1-3H3;4-9,14,21,28H,10-13,15-16H2,1-3H3;3-8,13,20,28H,9-12,14-15H2,1-2H3. The largest absolute Gasteiger partial charge is 0.508 e. The van der Waals surface area contributed by atoms with Gasteiger partial charge in [0.25, 0.3) is 0 Å². The van der Waals surface area contributed by atoms with Crippen LogP contribution in [-0.4, -0.2) is 264 Å². The summed E-state index contributed by atoms with van der Waals surface area (Å²) in [6.45, 7) is 29.7. The Morgan fingerprint density at radius 1 is 0.344 bits per heavy atom. The zero-order valence-corrected chi connectivity index (χ0v) is 77.8. The van der Waals surface area contributed by atoms with E-state index in [1.54, 1.807) is 99.5 Å². The number of carbonyl (C=O) groups excluding carboxylic acids is 4. The quantitative estimate of drug-likeness (QED) is 0.0532. The van der Waals surface area contributed by atoms with Crippen LogP contribution in [0.5, 0.6) is 57.5 Å². The second-order valence-electron chi connectivity index (χ2n) is 32.6. The zero-order chi connectivity index (χ0) is 90.9. The summed E-state index contributed by atoms with van der Waals surface area (Å²) < 4.78 is 94.2. The fourth-order valence-corrected chi connectivity index (χ4v) is 17.7. The Morgan fingerprint density at radius 2 is 0.609 bits per heavy atom. The highest BCUT2D eigenvalue weighted by atomic mass is 127. The fraction of sp³-hybridized carbons (Fsp3) is 0.458. The molecule has 688 valence electrons. The van der Waals surface area contributed by atoms with E-state index in [2.05, 4.69) is 54.3 Å². The summed E-state index contributed by atoms with van der Waals surface area (Å²) in [5.41, 5.74) is 7.51. The summed E-state index contributed by atoms with van der Waals surface area (Å²) in [5.74, 6) is 2.77. The number of benzene rings is 8. The summed E-state index contributed by atoms with van der Waals surface area (Å²) in [6.07, 6.45) is -0.867. The molecule has 128 heavy (non-hydrogen) atoms. The first-order valence-electron chi connectivity index (χ1n) is 43.1. The molecule has 0 saturated carbocycles. The molecule has 0 radical (unpaired) electrons. The van der Waals surface area contributed by atoms with Crippen molar-refractivity contribution in [3.63, 3.8) is 0 Å². The number of methoxy groups -OCH3 is 4. The minimum Gasteiger partial charge on any atom is -0.508 e. The summed E-state index contributed by atoms with van der Waals surface area (Å²) in [5, 5.41) is 20.5. The predicted octanol–water partition coefficient (Wildman–Crippen LogP) is 12.8. The topological polar surface area (TPSA) is 282 Å². The number of hydrogen-bond donors (Lipinski definition) is 2. The second-order valence-corrected chi connectivity index (χ2v) is 34.2. The lowest BCUT2D eigenvalue weighted by Crippen LogP contribution is -2.48. The van der Waals surface area contributed by atoms with Gasteiger partial charge in [-0.25, -0.2) is 0 Å². The molecular formula is C96H118ClIN8O22. The Hall–Kier alpha value is -10.5. The lowest BCUT2D eigenvalue weighted by Gasteiger charge is -2.35. The van der Waals surface area contributed by atoms with Crippen LogP contribution in [0.2, 0.25) is 5.02 Å². The summed E-state index contributed by atoms with van der Waals surface area (Å²) in [7, 11) is 6.38. The number of anilines is 4. The monoisotopic (exact) mass is 1900 g/mol. The molecule has 0 aliphatic carbocycles. The first kappa shape index (κ1) is 95.1. The second kappa shape index (κ2) is 43.3. The summed E-state index contributed by atoms with van der Waals surface area (Å²) in [6, 6.07) is 53.3. The number of amides is 4. The zero-order valence-electron chi connectivity index (χ0n) is 74.8. The average molecular weight is 1900 g/mol. The third-order valence-electron chi connectivity index (χ3n) is 23.9. The van der Waals surface area contributed by atoms with Gasteiger partial charge >= 0.3 is 0 Å². The SMILES string of the molecule is CC(=O)N1CCN(c2ccc(OCC3COC(C)(c4ccc(O)cc4I)O3)cc2)CC1.COc1ccc(C2(C)OCC(COc3ccc(N4CCN(C(C)=O)CC4)cc3)O2)c(Cl)c1.COc1ccc(C2(C)OCC(COc3ccc(N4CCN(C(C)=O)CC4)cc3)O2)c(O)c1.COc1ccc(C2(C)OCC(COc3ccc(N4CCN(C(C)=O)CC4)cc3)O2)c(OC)c1. The number of phenols is 2. The Balaban J connectivity index is 0.000000146. The molecule has 8 heterocycles. The number of phenolic OH excluding ortho intramolecular Hbond substituents is 2. The maximum atomic E-state index is 11.5. The van der Waals surface area contributed by atoms with E-state index in [1.165, 1.54) is 0 Å². The maximum Gasteiger partial charge on any atom is 0.219 e. The third kappa shape index (κ3) is 24.3. The van der Waals surface area contributed by atoms with Crippen LogP contribution < -0.4 is 57.5 Å². The van der Waals surface area contributed by atoms with Crippen molar-refractivity contribution in [2.45, 2.75) is 103 Å². The highest BCUT2D eigenvalue weighted by Crippen LogP contribution is 2.45. The lowest BCUT2D eigenvalue weighted by atomic mass is 10.1. The number of piperazine rings is 4. The van der Waals surface area contributed by atoms with Gasteiger partial charge in [-0.1, -0.05) is 11.6 Å². The molecular weight excluding hydrogens is 1780 g/mol. The molecule has 8 atom stereocenters. The van der Waals surface area contributed by atoms with Gasteiger partial charge in [0, 0.05) is 182 Å². The first-order chi connectivity index (χ1) is 61.5. The molecule has 0 bridgehead atoms. The normalized spacial score (nSPS) is 23.3. The van der Waals surface area contributed by atoms with Crippen LogP contribution in [0.4, 0.5) is 22.7 Å². The maximum absolute atomic E-state index is 11.5. The van der Waals surface area contributed by atoms with Gasteiger partial charge in [-0.05, 0) is 208 Å². The molecule has 8 aromatic carbocycles. The van der Waals surface area contributed by atoms with Crippen molar-refractivity contribution in [3.8, 4) is 57.5 Å². The number of aromatic hydroxyl groups is 2. The van der Waals surface area contributed by atoms with Crippen molar-refractivity contribution < 1.29 is 105 Å². The smallest absolute Gasteiger partial charge is 0.219 e. The van der Waals surface area contributed by atoms with E-state index in [0.717, 1.165) is 171 Å². The highest BCUT2D eigenvalue weighted by Gasteiger charge is 2.45. The predicted molar refractivity (Wildman–Crippen MR) is 491 cm³/mol. The number of nitrogens with zero attached hydrogens (tertiary/aromatic N) is 8. The molecule has 0 aromatic heterocycles. The molecule has 32 heteroatoms. The third-order valence-corrected chi connectivity index (χ3v) is 25.1. The molecule has 8 unspecified atom stereocenters. The van der Waals surface area contributed by atoms with E-state index >= 15 is 0 Å². The number of rotatable bonds is 24. The van der Waals surface area contributed by atoms with Crippen LogP contribution in [0.3, 0.4) is 0 Å². The van der Waals surface area contributed by atoms with Gasteiger partial charge in [0.15, 0.2) is 23.1 Å². The van der Waals surface area contributed by atoms with Gasteiger partial charge in [0.1, 0.15) is 108 Å². The number of hydrogen-bond acceptors (Lipinski definition) is 26. The molecule has 16 rings (SSSR count). The highest BCUT2D eigenvalue weighted by molar-refractivity contribution is 14.1. The number of carbonyl (C=O) groups is 4. The van der Waals surface area contributed by atoms with Gasteiger partial charge in [0.2, 0.25) is 23.6 Å². The summed E-state index contributed by atoms with van der Waals surface area (Å²) >= 11 is 8.58. The Kier molecular flexibility index (Phi) is 32.2. The molecule has 8 aliphatic heterocycles. The average Bonchev–Trinajstić information content (AvgIpc) is 1.63. The first-order valence-corrected chi connectivity index (χ1v) is 44.6. The Bertz CT molecular complexity index is 4860. The number of ether oxygens (including phenoxy) is 16. The van der Waals surface area contributed by atoms with Crippen molar-refractivity contribution in [1.82, 2.24) is 19.6 Å². The van der Waals surface area contributed by atoms with Crippen LogP contribution in [0.25, 0.3) is 0 Å². The van der Waals surface area contributed by atoms with Gasteiger partial charge < -0.3 is 125 Å². The van der Waals surface area contributed by atoms with E-state index in [-0.39, 0.29) is 59.5 Å². The molecule has 8 aliphatic rings. The van der Waals surface area contributed by atoms with E-state index in [4.69, 9.17) is 87.4 Å². The van der Waals surface area contributed by atoms with Crippen molar-refractivity contribution >= 4 is 80.6 Å². The van der Waals surface area contributed by atoms with E-state index in [0.29, 0.717) is 86.4 Å². The fourth-order valence-electron chi connectivity index (χ4n) is 16.4. The van der Waals surface area contributed by atoms with Crippen LogP contribution in [-0.2, 0) is 80.2 Å². The van der Waals surface area contributed by atoms with Crippen LogP contribution in [0, 0.1) is 3.57 Å².